The number of hydrogen-bond acceptors (Lipinski definition) is 2. The summed E-state index contributed by atoms with van der Waals surface area (Å²) >= 11 is 0. The number of likely N-dealkylation sites (N-methyl/N-ethyl adjacent to an activating group) is 1. The van der Waals surface area contributed by atoms with Crippen LogP contribution >= 0.6 is 0 Å². The standard InChI is InChI=1S/C17H25FN2O/c1-20(2)16(14-9-6-10-15(18)11-14)12-19-17(21)13-7-4-3-5-8-13/h6,9-11,13,16H,3-5,7-8,12H2,1-2H3,(H,19,21). The van der Waals surface area contributed by atoms with Gasteiger partial charge in [0.05, 0.1) is 6.04 Å². The van der Waals surface area contributed by atoms with E-state index in [0.717, 1.165) is 31.2 Å². The minimum absolute atomic E-state index is 0.00626. The smallest absolute Gasteiger partial charge is 0.223 e. The number of nitrogens with zero attached hydrogens (tertiary/aromatic N) is 1. The molecule has 0 aliphatic heterocycles. The van der Waals surface area contributed by atoms with Crippen molar-refractivity contribution in [1.82, 2.24) is 10.2 Å². The molecule has 1 unspecified atom stereocenters. The summed E-state index contributed by atoms with van der Waals surface area (Å²) in [5.41, 5.74) is 0.893. The fourth-order valence-electron chi connectivity index (χ4n) is 3.02. The Hall–Kier alpha value is -1.42. The van der Waals surface area contributed by atoms with E-state index in [-0.39, 0.29) is 23.7 Å². The van der Waals surface area contributed by atoms with Crippen LogP contribution in [0.4, 0.5) is 4.39 Å². The van der Waals surface area contributed by atoms with E-state index in [1.54, 1.807) is 6.07 Å². The van der Waals surface area contributed by atoms with Crippen molar-refractivity contribution < 1.29 is 9.18 Å². The first-order valence-electron chi connectivity index (χ1n) is 7.77. The maximum atomic E-state index is 13.4. The van der Waals surface area contributed by atoms with Crippen molar-refractivity contribution in [1.29, 1.82) is 0 Å². The van der Waals surface area contributed by atoms with Crippen LogP contribution in [0.15, 0.2) is 24.3 Å². The Labute approximate surface area is 126 Å². The Bertz CT molecular complexity index is 470. The molecule has 0 saturated heterocycles. The molecule has 1 atom stereocenters. The van der Waals surface area contributed by atoms with Gasteiger partial charge in [-0.1, -0.05) is 31.4 Å². The third kappa shape index (κ3) is 4.53. The van der Waals surface area contributed by atoms with Crippen LogP contribution in [0.2, 0.25) is 0 Å². The van der Waals surface area contributed by atoms with E-state index in [9.17, 15) is 9.18 Å². The van der Waals surface area contributed by atoms with Crippen LogP contribution in [0.3, 0.4) is 0 Å². The van der Waals surface area contributed by atoms with Crippen molar-refractivity contribution >= 4 is 5.91 Å². The second-order valence-corrected chi connectivity index (χ2v) is 6.11. The van der Waals surface area contributed by atoms with Crippen molar-refractivity contribution in [2.45, 2.75) is 38.1 Å². The highest BCUT2D eigenvalue weighted by atomic mass is 19.1. The summed E-state index contributed by atoms with van der Waals surface area (Å²) in [6.07, 6.45) is 5.54. The van der Waals surface area contributed by atoms with E-state index in [4.69, 9.17) is 0 Å². The van der Waals surface area contributed by atoms with Crippen molar-refractivity contribution in [2.24, 2.45) is 5.92 Å². The molecule has 3 nitrogen and oxygen atoms in total. The molecule has 0 aromatic heterocycles. The average Bonchev–Trinajstić information content (AvgIpc) is 2.48. The molecule has 1 saturated carbocycles. The fraction of sp³-hybridized carbons (Fsp3) is 0.588. The molecule has 1 aromatic carbocycles. The first-order chi connectivity index (χ1) is 10.1. The van der Waals surface area contributed by atoms with E-state index in [2.05, 4.69) is 5.32 Å². The zero-order valence-corrected chi connectivity index (χ0v) is 12.9. The van der Waals surface area contributed by atoms with Crippen LogP contribution < -0.4 is 5.32 Å². The molecule has 21 heavy (non-hydrogen) atoms. The summed E-state index contributed by atoms with van der Waals surface area (Å²) in [5, 5.41) is 3.05. The van der Waals surface area contributed by atoms with Crippen LogP contribution in [0, 0.1) is 11.7 Å². The molecule has 1 aliphatic carbocycles. The highest BCUT2D eigenvalue weighted by Gasteiger charge is 2.22. The number of nitrogens with one attached hydrogen (secondary N) is 1. The molecule has 1 fully saturated rings. The SMILES string of the molecule is CN(C)C(CNC(=O)C1CCCCC1)c1cccc(F)c1. The zero-order valence-electron chi connectivity index (χ0n) is 12.9. The number of rotatable bonds is 5. The molecular weight excluding hydrogens is 267 g/mol. The summed E-state index contributed by atoms with van der Waals surface area (Å²) in [7, 11) is 3.89. The highest BCUT2D eigenvalue weighted by Crippen LogP contribution is 2.24. The molecule has 116 valence electrons. The maximum absolute atomic E-state index is 13.4. The lowest BCUT2D eigenvalue weighted by molar-refractivity contribution is -0.126. The molecule has 0 heterocycles. The van der Waals surface area contributed by atoms with Crippen LogP contribution in [0.5, 0.6) is 0 Å². The Morgan fingerprint density at radius 1 is 1.33 bits per heavy atom. The second-order valence-electron chi connectivity index (χ2n) is 6.11. The van der Waals surface area contributed by atoms with Gasteiger partial charge in [-0.15, -0.1) is 0 Å². The van der Waals surface area contributed by atoms with Gasteiger partial charge in [-0.05, 0) is 44.6 Å². The third-order valence-electron chi connectivity index (χ3n) is 4.30. The summed E-state index contributed by atoms with van der Waals surface area (Å²) in [4.78, 5) is 14.2. The van der Waals surface area contributed by atoms with Crippen LogP contribution in [-0.2, 0) is 4.79 Å². The number of amides is 1. The highest BCUT2D eigenvalue weighted by molar-refractivity contribution is 5.78. The van der Waals surface area contributed by atoms with Gasteiger partial charge in [-0.2, -0.15) is 0 Å². The molecule has 1 aliphatic rings. The van der Waals surface area contributed by atoms with Crippen LogP contribution in [0.25, 0.3) is 0 Å². The summed E-state index contributed by atoms with van der Waals surface area (Å²) in [6, 6.07) is 6.59. The number of halogens is 1. The zero-order chi connectivity index (χ0) is 15.2. The molecule has 0 spiro atoms. The lowest BCUT2D eigenvalue weighted by Gasteiger charge is -2.27. The minimum atomic E-state index is -0.238. The fourth-order valence-corrected chi connectivity index (χ4v) is 3.02. The number of carbonyl (C=O) groups is 1. The van der Waals surface area contributed by atoms with Crippen LogP contribution in [0.1, 0.15) is 43.7 Å². The first kappa shape index (κ1) is 16.0. The molecule has 4 heteroatoms. The van der Waals surface area contributed by atoms with Gasteiger partial charge < -0.3 is 10.2 Å². The van der Waals surface area contributed by atoms with E-state index >= 15 is 0 Å². The van der Waals surface area contributed by atoms with E-state index in [1.165, 1.54) is 18.6 Å². The quantitative estimate of drug-likeness (QED) is 0.904. The van der Waals surface area contributed by atoms with Gasteiger partial charge in [0.1, 0.15) is 5.82 Å². The van der Waals surface area contributed by atoms with E-state index in [1.807, 2.05) is 25.1 Å². The number of hydrogen-bond donors (Lipinski definition) is 1. The average molecular weight is 292 g/mol. The van der Waals surface area contributed by atoms with E-state index < -0.39 is 0 Å². The second kappa shape index (κ2) is 7.55. The molecule has 0 bridgehead atoms. The molecular formula is C17H25FN2O. The lowest BCUT2D eigenvalue weighted by Crippen LogP contribution is -2.38. The number of benzene rings is 1. The van der Waals surface area contributed by atoms with Crippen molar-refractivity contribution in [3.63, 3.8) is 0 Å². The Morgan fingerprint density at radius 3 is 2.67 bits per heavy atom. The number of carbonyl (C=O) groups excluding carboxylic acids is 1. The van der Waals surface area contributed by atoms with Gasteiger partial charge in [-0.25, -0.2) is 4.39 Å². The van der Waals surface area contributed by atoms with Crippen molar-refractivity contribution in [2.75, 3.05) is 20.6 Å². The third-order valence-corrected chi connectivity index (χ3v) is 4.30. The minimum Gasteiger partial charge on any atom is -0.354 e. The molecule has 0 radical (unpaired) electrons. The largest absolute Gasteiger partial charge is 0.354 e. The molecule has 1 aromatic rings. The molecule has 1 amide bonds. The summed E-state index contributed by atoms with van der Waals surface area (Å²) in [6.45, 7) is 0.520. The normalized spacial score (nSPS) is 17.7. The Morgan fingerprint density at radius 2 is 2.05 bits per heavy atom. The molecule has 1 N–H and O–H groups in total. The lowest BCUT2D eigenvalue weighted by atomic mass is 9.88. The monoisotopic (exact) mass is 292 g/mol. The van der Waals surface area contributed by atoms with Gasteiger partial charge in [0.2, 0.25) is 5.91 Å². The van der Waals surface area contributed by atoms with Crippen molar-refractivity contribution in [3.8, 4) is 0 Å². The molecule has 2 rings (SSSR count). The van der Waals surface area contributed by atoms with Gasteiger partial charge >= 0.3 is 0 Å². The Balaban J connectivity index is 1.95. The van der Waals surface area contributed by atoms with E-state index in [0.29, 0.717) is 6.54 Å². The van der Waals surface area contributed by atoms with Gasteiger partial charge in [0.25, 0.3) is 0 Å². The summed E-state index contributed by atoms with van der Waals surface area (Å²) < 4.78 is 13.4. The maximum Gasteiger partial charge on any atom is 0.223 e. The topological polar surface area (TPSA) is 32.3 Å². The van der Waals surface area contributed by atoms with Crippen LogP contribution in [-0.4, -0.2) is 31.4 Å². The van der Waals surface area contributed by atoms with Gasteiger partial charge in [0, 0.05) is 12.5 Å². The first-order valence-corrected chi connectivity index (χ1v) is 7.77. The predicted octanol–water partition coefficient (Wildman–Crippen LogP) is 3.12. The van der Waals surface area contributed by atoms with Gasteiger partial charge in [0.15, 0.2) is 0 Å². The summed E-state index contributed by atoms with van der Waals surface area (Å²) in [5.74, 6) is 0.0741. The van der Waals surface area contributed by atoms with Crippen molar-refractivity contribution in [3.05, 3.63) is 35.6 Å². The van der Waals surface area contributed by atoms with Gasteiger partial charge in [-0.3, -0.25) is 4.79 Å². The Kier molecular flexibility index (Phi) is 5.74. The predicted molar refractivity (Wildman–Crippen MR) is 82.4 cm³/mol.